The minimum Gasteiger partial charge on any atom is -0.352 e. The molecule has 1 rings (SSSR count). The molecule has 1 fully saturated rings. The number of nitrogens with two attached hydrogens (primary N) is 1. The Kier molecular flexibility index (Phi) is 4.75. The highest BCUT2D eigenvalue weighted by molar-refractivity contribution is 8.00. The smallest absolute Gasteiger partial charge is 0.233 e. The molecule has 1 aliphatic carbocycles. The Balaban J connectivity index is 2.06. The third-order valence-electron chi connectivity index (χ3n) is 2.23. The van der Waals surface area contributed by atoms with Gasteiger partial charge in [0.2, 0.25) is 5.91 Å². The lowest BCUT2D eigenvalue weighted by atomic mass is 10.3. The molecular formula is C10H20N2OS. The minimum atomic E-state index is 0.0642. The summed E-state index contributed by atoms with van der Waals surface area (Å²) in [5.41, 5.74) is 5.63. The van der Waals surface area contributed by atoms with Gasteiger partial charge in [-0.2, -0.15) is 0 Å². The van der Waals surface area contributed by atoms with Crippen LogP contribution in [0, 0.1) is 0 Å². The lowest BCUT2D eigenvalue weighted by Gasteiger charge is -2.12. The largest absolute Gasteiger partial charge is 0.352 e. The van der Waals surface area contributed by atoms with Crippen LogP contribution in [-0.2, 0) is 4.79 Å². The number of carbonyl (C=O) groups excluding carboxylic acids is 1. The summed E-state index contributed by atoms with van der Waals surface area (Å²) >= 11 is 1.69. The van der Waals surface area contributed by atoms with Gasteiger partial charge in [0, 0.05) is 12.1 Å². The quantitative estimate of drug-likeness (QED) is 0.699. The van der Waals surface area contributed by atoms with Gasteiger partial charge in [-0.05, 0) is 38.9 Å². The van der Waals surface area contributed by atoms with Crippen LogP contribution in [0.3, 0.4) is 0 Å². The van der Waals surface area contributed by atoms with Crippen LogP contribution in [-0.4, -0.2) is 29.0 Å². The van der Waals surface area contributed by atoms with Crippen molar-refractivity contribution in [3.05, 3.63) is 0 Å². The number of carbonyl (C=O) groups is 1. The lowest BCUT2D eigenvalue weighted by Crippen LogP contribution is -2.32. The maximum atomic E-state index is 11.5. The molecule has 2 atom stereocenters. The van der Waals surface area contributed by atoms with Gasteiger partial charge in [0.15, 0.2) is 0 Å². The molecule has 0 bridgehead atoms. The zero-order valence-electron chi connectivity index (χ0n) is 8.95. The molecule has 0 aliphatic heterocycles. The summed E-state index contributed by atoms with van der Waals surface area (Å²) in [6, 6.07) is 0.708. The van der Waals surface area contributed by atoms with Crippen LogP contribution in [0.5, 0.6) is 0 Å². The van der Waals surface area contributed by atoms with Crippen LogP contribution in [0.1, 0.15) is 33.1 Å². The van der Waals surface area contributed by atoms with Crippen LogP contribution in [0.4, 0.5) is 0 Å². The summed E-state index contributed by atoms with van der Waals surface area (Å²) in [7, 11) is 0. The Morgan fingerprint density at radius 2 is 2.21 bits per heavy atom. The third-order valence-corrected chi connectivity index (χ3v) is 3.42. The molecule has 0 saturated heterocycles. The van der Waals surface area contributed by atoms with Crippen molar-refractivity contribution in [3.8, 4) is 0 Å². The molecule has 14 heavy (non-hydrogen) atoms. The molecule has 1 aliphatic rings. The van der Waals surface area contributed by atoms with E-state index in [4.69, 9.17) is 5.73 Å². The van der Waals surface area contributed by atoms with Crippen LogP contribution in [0.15, 0.2) is 0 Å². The predicted octanol–water partition coefficient (Wildman–Crippen LogP) is 1.12. The van der Waals surface area contributed by atoms with Gasteiger partial charge < -0.3 is 11.1 Å². The lowest BCUT2D eigenvalue weighted by molar-refractivity contribution is -0.120. The first kappa shape index (κ1) is 11.9. The number of thioether (sulfide) groups is 1. The molecule has 0 aromatic carbocycles. The van der Waals surface area contributed by atoms with Gasteiger partial charge in [0.1, 0.15) is 0 Å². The van der Waals surface area contributed by atoms with Gasteiger partial charge in [0.25, 0.3) is 0 Å². The van der Waals surface area contributed by atoms with E-state index < -0.39 is 0 Å². The summed E-state index contributed by atoms with van der Waals surface area (Å²) in [6.45, 7) is 3.96. The predicted molar refractivity (Wildman–Crippen MR) is 61.4 cm³/mol. The molecule has 0 aromatic rings. The van der Waals surface area contributed by atoms with Gasteiger partial charge in [-0.1, -0.05) is 0 Å². The van der Waals surface area contributed by atoms with E-state index in [1.54, 1.807) is 11.8 Å². The van der Waals surface area contributed by atoms with Crippen LogP contribution in [0.2, 0.25) is 0 Å². The van der Waals surface area contributed by atoms with Gasteiger partial charge in [-0.25, -0.2) is 0 Å². The molecule has 0 heterocycles. The molecule has 4 heteroatoms. The zero-order chi connectivity index (χ0) is 10.6. The molecular weight excluding hydrogens is 196 g/mol. The second-order valence-electron chi connectivity index (χ2n) is 4.06. The van der Waals surface area contributed by atoms with E-state index in [9.17, 15) is 4.79 Å². The standard InChI is InChI=1S/C10H20N2OS/c1-7(11)5-6-14-8(2)10(13)12-9-3-4-9/h7-9H,3-6,11H2,1-2H3,(H,12,13). The fourth-order valence-corrected chi connectivity index (χ4v) is 2.13. The van der Waals surface area contributed by atoms with Crippen molar-refractivity contribution in [1.82, 2.24) is 5.32 Å². The Labute approximate surface area is 90.2 Å². The normalized spacial score (nSPS) is 20.2. The van der Waals surface area contributed by atoms with E-state index in [1.165, 1.54) is 0 Å². The number of nitrogens with one attached hydrogen (secondary N) is 1. The Morgan fingerprint density at radius 3 is 2.71 bits per heavy atom. The summed E-state index contributed by atoms with van der Waals surface area (Å²) in [4.78, 5) is 11.5. The third kappa shape index (κ3) is 4.86. The molecule has 0 aromatic heterocycles. The monoisotopic (exact) mass is 216 g/mol. The average Bonchev–Trinajstić information content (AvgIpc) is 2.87. The highest BCUT2D eigenvalue weighted by Crippen LogP contribution is 2.20. The number of amides is 1. The van der Waals surface area contributed by atoms with Crippen molar-refractivity contribution in [2.24, 2.45) is 5.73 Å². The second-order valence-corrected chi connectivity index (χ2v) is 5.51. The first-order valence-electron chi connectivity index (χ1n) is 5.27. The van der Waals surface area contributed by atoms with Gasteiger partial charge >= 0.3 is 0 Å². The van der Waals surface area contributed by atoms with Crippen LogP contribution >= 0.6 is 11.8 Å². The molecule has 0 radical (unpaired) electrons. The van der Waals surface area contributed by atoms with Gasteiger partial charge in [-0.15, -0.1) is 11.8 Å². The van der Waals surface area contributed by atoms with E-state index in [0.29, 0.717) is 6.04 Å². The zero-order valence-corrected chi connectivity index (χ0v) is 9.77. The highest BCUT2D eigenvalue weighted by atomic mass is 32.2. The first-order chi connectivity index (χ1) is 6.59. The SMILES string of the molecule is CC(N)CCSC(C)C(=O)NC1CC1. The maximum absolute atomic E-state index is 11.5. The summed E-state index contributed by atoms with van der Waals surface area (Å²) in [6.07, 6.45) is 3.29. The van der Waals surface area contributed by atoms with Crippen molar-refractivity contribution in [2.75, 3.05) is 5.75 Å². The molecule has 3 N–H and O–H groups in total. The number of hydrogen-bond donors (Lipinski definition) is 2. The van der Waals surface area contributed by atoms with Crippen LogP contribution < -0.4 is 11.1 Å². The second kappa shape index (κ2) is 5.61. The molecule has 2 unspecified atom stereocenters. The summed E-state index contributed by atoms with van der Waals surface area (Å²) < 4.78 is 0. The molecule has 3 nitrogen and oxygen atoms in total. The van der Waals surface area contributed by atoms with Gasteiger partial charge in [-0.3, -0.25) is 4.79 Å². The first-order valence-corrected chi connectivity index (χ1v) is 6.32. The maximum Gasteiger partial charge on any atom is 0.233 e. The fraction of sp³-hybridized carbons (Fsp3) is 0.900. The summed E-state index contributed by atoms with van der Waals surface area (Å²) in [5, 5.41) is 3.06. The van der Waals surface area contributed by atoms with Crippen molar-refractivity contribution in [3.63, 3.8) is 0 Å². The summed E-state index contributed by atoms with van der Waals surface area (Å²) in [5.74, 6) is 1.15. The Hall–Kier alpha value is -0.220. The highest BCUT2D eigenvalue weighted by Gasteiger charge is 2.25. The van der Waals surface area contributed by atoms with Gasteiger partial charge in [0.05, 0.1) is 5.25 Å². The van der Waals surface area contributed by atoms with E-state index in [2.05, 4.69) is 5.32 Å². The van der Waals surface area contributed by atoms with Crippen molar-refractivity contribution in [2.45, 2.75) is 50.4 Å². The van der Waals surface area contributed by atoms with Crippen molar-refractivity contribution in [1.29, 1.82) is 0 Å². The molecule has 82 valence electrons. The minimum absolute atomic E-state index is 0.0642. The Morgan fingerprint density at radius 1 is 1.57 bits per heavy atom. The molecule has 1 saturated carbocycles. The van der Waals surface area contributed by atoms with Crippen LogP contribution in [0.25, 0.3) is 0 Å². The van der Waals surface area contributed by atoms with E-state index in [-0.39, 0.29) is 17.2 Å². The number of hydrogen-bond acceptors (Lipinski definition) is 3. The number of rotatable bonds is 6. The average molecular weight is 216 g/mol. The molecule has 0 spiro atoms. The van der Waals surface area contributed by atoms with E-state index >= 15 is 0 Å². The molecule has 1 amide bonds. The van der Waals surface area contributed by atoms with E-state index in [0.717, 1.165) is 25.0 Å². The topological polar surface area (TPSA) is 55.1 Å². The van der Waals surface area contributed by atoms with Crippen molar-refractivity contribution >= 4 is 17.7 Å². The fourth-order valence-electron chi connectivity index (χ4n) is 1.05. The van der Waals surface area contributed by atoms with E-state index in [1.807, 2.05) is 13.8 Å². The Bertz CT molecular complexity index is 193. The van der Waals surface area contributed by atoms with Crippen molar-refractivity contribution < 1.29 is 4.79 Å².